The molecule has 1 fully saturated rings. The van der Waals surface area contributed by atoms with Gasteiger partial charge in [-0.15, -0.1) is 0 Å². The van der Waals surface area contributed by atoms with Gasteiger partial charge in [0.2, 0.25) is 5.91 Å². The molecule has 2 atom stereocenters. The summed E-state index contributed by atoms with van der Waals surface area (Å²) in [6, 6.07) is 9.93. The first-order valence-electron chi connectivity index (χ1n) is 4.84. The Morgan fingerprint density at radius 1 is 1.40 bits per heavy atom. The number of epoxide rings is 1. The predicted molar refractivity (Wildman–Crippen MR) is 54.1 cm³/mol. The molecule has 1 aliphatic heterocycles. The molecule has 15 heavy (non-hydrogen) atoms. The molecule has 0 aliphatic carbocycles. The van der Waals surface area contributed by atoms with Gasteiger partial charge in [0.25, 0.3) is 0 Å². The van der Waals surface area contributed by atoms with E-state index < -0.39 is 5.91 Å². The Kier molecular flexibility index (Phi) is 2.99. The number of primary amides is 1. The van der Waals surface area contributed by atoms with Crippen molar-refractivity contribution < 1.29 is 14.3 Å². The van der Waals surface area contributed by atoms with E-state index >= 15 is 0 Å². The second-order valence-corrected chi connectivity index (χ2v) is 3.49. The molecule has 2 rings (SSSR count). The van der Waals surface area contributed by atoms with Crippen LogP contribution in [0.5, 0.6) is 0 Å². The molecule has 4 heteroatoms. The lowest BCUT2D eigenvalue weighted by atomic mass is 10.1. The Bertz CT molecular complexity index is 339. The molecule has 1 aliphatic rings. The van der Waals surface area contributed by atoms with Gasteiger partial charge < -0.3 is 15.2 Å². The van der Waals surface area contributed by atoms with Crippen molar-refractivity contribution in [2.45, 2.75) is 12.2 Å². The van der Waals surface area contributed by atoms with Gasteiger partial charge in [-0.2, -0.15) is 0 Å². The highest BCUT2D eigenvalue weighted by Crippen LogP contribution is 2.38. The van der Waals surface area contributed by atoms with Crippen LogP contribution in [0.25, 0.3) is 0 Å². The Morgan fingerprint density at radius 3 is 2.80 bits per heavy atom. The molecule has 0 bridgehead atoms. The number of carbonyl (C=O) groups excluding carboxylic acids is 1. The highest BCUT2D eigenvalue weighted by molar-refractivity contribution is 5.74. The zero-order valence-electron chi connectivity index (χ0n) is 8.26. The minimum absolute atomic E-state index is 0.0403. The van der Waals surface area contributed by atoms with Gasteiger partial charge in [0, 0.05) is 0 Å². The third kappa shape index (κ3) is 2.78. The molecule has 0 radical (unpaired) electrons. The van der Waals surface area contributed by atoms with E-state index in [1.807, 2.05) is 30.3 Å². The summed E-state index contributed by atoms with van der Waals surface area (Å²) in [4.78, 5) is 10.4. The van der Waals surface area contributed by atoms with Crippen LogP contribution in [0.3, 0.4) is 0 Å². The summed E-state index contributed by atoms with van der Waals surface area (Å²) in [6.45, 7) is 0.379. The average molecular weight is 207 g/mol. The van der Waals surface area contributed by atoms with E-state index in [1.165, 1.54) is 0 Å². The Labute approximate surface area is 88.0 Å². The second kappa shape index (κ2) is 4.42. The maximum Gasteiger partial charge on any atom is 0.243 e. The van der Waals surface area contributed by atoms with Crippen LogP contribution in [0.2, 0.25) is 0 Å². The van der Waals surface area contributed by atoms with Gasteiger partial charge in [0.15, 0.2) is 0 Å². The van der Waals surface area contributed by atoms with Gasteiger partial charge in [-0.3, -0.25) is 4.79 Å². The average Bonchev–Trinajstić information content (AvgIpc) is 2.98. The van der Waals surface area contributed by atoms with E-state index in [0.717, 1.165) is 5.56 Å². The molecule has 1 aromatic carbocycles. The SMILES string of the molecule is NC(=O)COC[C@@H]1O[C@H]1c1ccccc1. The smallest absolute Gasteiger partial charge is 0.243 e. The first-order chi connectivity index (χ1) is 7.27. The van der Waals surface area contributed by atoms with Crippen molar-refractivity contribution in [3.63, 3.8) is 0 Å². The topological polar surface area (TPSA) is 64.9 Å². The van der Waals surface area contributed by atoms with Gasteiger partial charge in [0.05, 0.1) is 6.61 Å². The van der Waals surface area contributed by atoms with Gasteiger partial charge in [-0.05, 0) is 5.56 Å². The van der Waals surface area contributed by atoms with Crippen molar-refractivity contribution in [1.82, 2.24) is 0 Å². The molecular weight excluding hydrogens is 194 g/mol. The number of benzene rings is 1. The zero-order chi connectivity index (χ0) is 10.7. The molecule has 80 valence electrons. The van der Waals surface area contributed by atoms with E-state index in [-0.39, 0.29) is 18.8 Å². The minimum atomic E-state index is -0.452. The van der Waals surface area contributed by atoms with Crippen LogP contribution >= 0.6 is 0 Å². The van der Waals surface area contributed by atoms with E-state index in [0.29, 0.717) is 6.61 Å². The molecule has 1 aromatic rings. The quantitative estimate of drug-likeness (QED) is 0.720. The zero-order valence-corrected chi connectivity index (χ0v) is 8.26. The minimum Gasteiger partial charge on any atom is -0.369 e. The van der Waals surface area contributed by atoms with Crippen LogP contribution in [-0.2, 0) is 14.3 Å². The fraction of sp³-hybridized carbons (Fsp3) is 0.364. The summed E-state index contributed by atoms with van der Waals surface area (Å²) in [5, 5.41) is 0. The molecular formula is C11H13NO3. The predicted octanol–water partition coefficient (Wildman–Crippen LogP) is 0.628. The van der Waals surface area contributed by atoms with Crippen molar-refractivity contribution in [3.05, 3.63) is 35.9 Å². The second-order valence-electron chi connectivity index (χ2n) is 3.49. The maximum atomic E-state index is 10.4. The summed E-state index contributed by atoms with van der Waals surface area (Å²) in [7, 11) is 0. The number of rotatable bonds is 5. The lowest BCUT2D eigenvalue weighted by Crippen LogP contribution is -2.19. The monoisotopic (exact) mass is 207 g/mol. The lowest BCUT2D eigenvalue weighted by molar-refractivity contribution is -0.122. The van der Waals surface area contributed by atoms with Crippen LogP contribution in [0.15, 0.2) is 30.3 Å². The number of hydrogen-bond acceptors (Lipinski definition) is 3. The highest BCUT2D eigenvalue weighted by Gasteiger charge is 2.40. The summed E-state index contributed by atoms with van der Waals surface area (Å²) < 4.78 is 10.5. The number of ether oxygens (including phenoxy) is 2. The van der Waals surface area contributed by atoms with Crippen molar-refractivity contribution in [2.75, 3.05) is 13.2 Å². The van der Waals surface area contributed by atoms with Crippen LogP contribution in [0.1, 0.15) is 11.7 Å². The third-order valence-corrected chi connectivity index (χ3v) is 2.24. The molecule has 2 N–H and O–H groups in total. The van der Waals surface area contributed by atoms with E-state index in [1.54, 1.807) is 0 Å². The summed E-state index contributed by atoms with van der Waals surface area (Å²) >= 11 is 0. The number of nitrogens with two attached hydrogens (primary N) is 1. The summed E-state index contributed by atoms with van der Waals surface area (Å²) in [5.74, 6) is -0.452. The largest absolute Gasteiger partial charge is 0.369 e. The third-order valence-electron chi connectivity index (χ3n) is 2.24. The normalized spacial score (nSPS) is 23.7. The highest BCUT2D eigenvalue weighted by atomic mass is 16.6. The standard InChI is InChI=1S/C11H13NO3/c12-10(13)7-14-6-9-11(15-9)8-4-2-1-3-5-8/h1-5,9,11H,6-7H2,(H2,12,13)/t9-,11-/m0/s1. The van der Waals surface area contributed by atoms with Crippen molar-refractivity contribution >= 4 is 5.91 Å². The molecule has 0 saturated carbocycles. The molecule has 1 heterocycles. The molecule has 1 saturated heterocycles. The maximum absolute atomic E-state index is 10.4. The van der Waals surface area contributed by atoms with E-state index in [4.69, 9.17) is 15.2 Å². The Balaban J connectivity index is 1.75. The van der Waals surface area contributed by atoms with Crippen molar-refractivity contribution in [3.8, 4) is 0 Å². The van der Waals surface area contributed by atoms with Gasteiger partial charge >= 0.3 is 0 Å². The van der Waals surface area contributed by atoms with Crippen molar-refractivity contribution in [2.24, 2.45) is 5.73 Å². The fourth-order valence-corrected chi connectivity index (χ4v) is 1.48. The van der Waals surface area contributed by atoms with Crippen LogP contribution in [-0.4, -0.2) is 25.2 Å². The fourth-order valence-electron chi connectivity index (χ4n) is 1.48. The summed E-state index contributed by atoms with van der Waals surface area (Å²) in [5.41, 5.74) is 6.08. The Morgan fingerprint density at radius 2 is 2.13 bits per heavy atom. The number of hydrogen-bond donors (Lipinski definition) is 1. The molecule has 0 aromatic heterocycles. The molecule has 1 amide bonds. The van der Waals surface area contributed by atoms with Crippen LogP contribution < -0.4 is 5.73 Å². The summed E-state index contributed by atoms with van der Waals surface area (Å²) in [6.07, 6.45) is 0.172. The molecule has 0 spiro atoms. The lowest BCUT2D eigenvalue weighted by Gasteiger charge is -1.97. The first kappa shape index (κ1) is 10.1. The molecule has 0 unspecified atom stereocenters. The van der Waals surface area contributed by atoms with E-state index in [2.05, 4.69) is 0 Å². The Hall–Kier alpha value is -1.39. The van der Waals surface area contributed by atoms with Gasteiger partial charge in [-0.1, -0.05) is 30.3 Å². The van der Waals surface area contributed by atoms with E-state index in [9.17, 15) is 4.79 Å². The van der Waals surface area contributed by atoms with Crippen LogP contribution in [0, 0.1) is 0 Å². The first-order valence-corrected chi connectivity index (χ1v) is 4.84. The van der Waals surface area contributed by atoms with Crippen LogP contribution in [0.4, 0.5) is 0 Å². The molecule has 4 nitrogen and oxygen atoms in total. The number of carbonyl (C=O) groups is 1. The van der Waals surface area contributed by atoms with Gasteiger partial charge in [0.1, 0.15) is 18.8 Å². The van der Waals surface area contributed by atoms with Gasteiger partial charge in [-0.25, -0.2) is 0 Å². The van der Waals surface area contributed by atoms with Crippen molar-refractivity contribution in [1.29, 1.82) is 0 Å². The number of amides is 1.